The van der Waals surface area contributed by atoms with E-state index in [0.717, 1.165) is 69.2 Å². The first-order valence-electron chi connectivity index (χ1n) is 14.8. The van der Waals surface area contributed by atoms with E-state index in [4.69, 9.17) is 0 Å². The van der Waals surface area contributed by atoms with Crippen LogP contribution in [-0.4, -0.2) is 37.2 Å². The second-order valence-corrected chi connectivity index (χ2v) is 11.9. The predicted octanol–water partition coefficient (Wildman–Crippen LogP) is 6.96. The molecule has 1 saturated heterocycles. The summed E-state index contributed by atoms with van der Waals surface area (Å²) in [5.74, 6) is 0.461. The van der Waals surface area contributed by atoms with Gasteiger partial charge < -0.3 is 15.5 Å². The summed E-state index contributed by atoms with van der Waals surface area (Å²) in [5, 5.41) is 9.81. The molecule has 1 aromatic heterocycles. The lowest BCUT2D eigenvalue weighted by Crippen LogP contribution is -2.34. The summed E-state index contributed by atoms with van der Waals surface area (Å²) in [6.07, 6.45) is 9.10. The van der Waals surface area contributed by atoms with Gasteiger partial charge in [0.05, 0.1) is 5.56 Å². The molecule has 0 spiro atoms. The number of unbranched alkanes of at least 4 members (excludes halogenated alkanes) is 1. The molecule has 2 fully saturated rings. The van der Waals surface area contributed by atoms with Gasteiger partial charge in [0.15, 0.2) is 5.78 Å². The predicted molar refractivity (Wildman–Crippen MR) is 167 cm³/mol. The Hall–Kier alpha value is -3.71. The van der Waals surface area contributed by atoms with E-state index in [1.54, 1.807) is 0 Å². The molecule has 214 valence electrons. The summed E-state index contributed by atoms with van der Waals surface area (Å²) in [5.41, 5.74) is 6.49. The van der Waals surface area contributed by atoms with E-state index in [0.29, 0.717) is 35.7 Å². The van der Waals surface area contributed by atoms with Gasteiger partial charge in [0, 0.05) is 48.4 Å². The lowest BCUT2D eigenvalue weighted by molar-refractivity contribution is -0.114. The molecular weight excluding hydrogens is 530 g/mol. The maximum atomic E-state index is 13.0. The third-order valence-corrected chi connectivity index (χ3v) is 8.93. The molecule has 2 aliphatic rings. The number of hydrogen-bond donors (Lipinski definition) is 2. The minimum atomic E-state index is -0.158. The van der Waals surface area contributed by atoms with Crippen LogP contribution in [0, 0.1) is 12.8 Å². The molecule has 41 heavy (non-hydrogen) atoms. The van der Waals surface area contributed by atoms with Crippen LogP contribution in [0.1, 0.15) is 76.8 Å². The van der Waals surface area contributed by atoms with Crippen molar-refractivity contribution >= 4 is 40.3 Å². The zero-order valence-electron chi connectivity index (χ0n) is 23.8. The highest BCUT2D eigenvalue weighted by atomic mass is 32.1. The monoisotopic (exact) mass is 569 g/mol. The van der Waals surface area contributed by atoms with Crippen molar-refractivity contribution < 1.29 is 14.4 Å². The first-order valence-corrected chi connectivity index (χ1v) is 15.7. The number of anilines is 2. The molecule has 6 nitrogen and oxygen atoms in total. The molecule has 2 heterocycles. The van der Waals surface area contributed by atoms with Crippen LogP contribution in [0.2, 0.25) is 0 Å². The molecule has 7 heteroatoms. The summed E-state index contributed by atoms with van der Waals surface area (Å²) in [6, 6.07) is 16.0. The molecule has 0 unspecified atom stereocenters. The second-order valence-electron chi connectivity index (χ2n) is 11.2. The van der Waals surface area contributed by atoms with E-state index in [2.05, 4.69) is 46.7 Å². The molecule has 0 bridgehead atoms. The van der Waals surface area contributed by atoms with Crippen LogP contribution in [0.25, 0.3) is 0 Å². The first-order chi connectivity index (χ1) is 20.0. The highest BCUT2D eigenvalue weighted by molar-refractivity contribution is 7.08. The van der Waals surface area contributed by atoms with E-state index in [1.807, 2.05) is 41.1 Å². The van der Waals surface area contributed by atoms with Gasteiger partial charge in [-0.1, -0.05) is 30.3 Å². The number of benzene rings is 2. The number of carbonyl (C=O) groups excluding carboxylic acids is 3. The molecule has 5 rings (SSSR count). The quantitative estimate of drug-likeness (QED) is 0.204. The van der Waals surface area contributed by atoms with Crippen molar-refractivity contribution in [1.29, 1.82) is 0 Å². The smallest absolute Gasteiger partial charge is 0.256 e. The number of rotatable bonds is 10. The number of nitrogens with zero attached hydrogens (tertiary/aromatic N) is 1. The number of aryl methyl sites for hydroxylation is 1. The van der Waals surface area contributed by atoms with Gasteiger partial charge in [-0.2, -0.15) is 11.3 Å². The summed E-state index contributed by atoms with van der Waals surface area (Å²) in [7, 11) is 0. The standard InChI is InChI=1S/C34H39N3O3S/c1-24-7-2-3-10-31(24)37-18-14-25(15-19-37)21-27-12-13-28(22-30(27)36-34(40)29-16-20-41-23-29)33(39)35-17-5-4-8-26-9-6-11-32(26)38/h2-3,7-8,10,12-13,16,20,22-23,25H,4-6,9,11,14-15,17-19,21H2,1H3,(H,35,39)(H,36,40)/b26-8+. The van der Waals surface area contributed by atoms with Gasteiger partial charge in [-0.25, -0.2) is 0 Å². The summed E-state index contributed by atoms with van der Waals surface area (Å²) < 4.78 is 0. The van der Waals surface area contributed by atoms with Gasteiger partial charge in [-0.05, 0) is 104 Å². The summed E-state index contributed by atoms with van der Waals surface area (Å²) >= 11 is 1.49. The molecule has 2 N–H and O–H groups in total. The van der Waals surface area contributed by atoms with Gasteiger partial charge in [-0.3, -0.25) is 14.4 Å². The Kier molecular flexibility index (Phi) is 9.67. The fraction of sp³-hybridized carbons (Fsp3) is 0.382. The van der Waals surface area contributed by atoms with Crippen molar-refractivity contribution in [2.45, 2.75) is 58.3 Å². The van der Waals surface area contributed by atoms with Crippen LogP contribution in [0.4, 0.5) is 11.4 Å². The molecular formula is C34H39N3O3S. The van der Waals surface area contributed by atoms with Gasteiger partial charge >= 0.3 is 0 Å². The fourth-order valence-electron chi connectivity index (χ4n) is 5.85. The Labute approximate surface area is 246 Å². The lowest BCUT2D eigenvalue weighted by Gasteiger charge is -2.34. The van der Waals surface area contributed by atoms with Crippen molar-refractivity contribution in [2.24, 2.45) is 5.92 Å². The van der Waals surface area contributed by atoms with Gasteiger partial charge in [0.2, 0.25) is 0 Å². The summed E-state index contributed by atoms with van der Waals surface area (Å²) in [4.78, 5) is 40.2. The number of ketones is 1. The molecule has 2 aromatic carbocycles. The van der Waals surface area contributed by atoms with Crippen LogP contribution in [0.3, 0.4) is 0 Å². The first kappa shape index (κ1) is 28.8. The number of Topliss-reactive ketones (excluding diaryl/α,β-unsaturated/α-hetero) is 1. The number of nitrogens with one attached hydrogen (secondary N) is 2. The Balaban J connectivity index is 1.22. The molecule has 0 radical (unpaired) electrons. The molecule has 1 aliphatic carbocycles. The van der Waals surface area contributed by atoms with Crippen molar-refractivity contribution in [3.8, 4) is 0 Å². The molecule has 1 saturated carbocycles. The molecule has 3 aromatic rings. The topological polar surface area (TPSA) is 78.5 Å². The van der Waals surface area contributed by atoms with Gasteiger partial charge in [0.1, 0.15) is 0 Å². The van der Waals surface area contributed by atoms with Crippen molar-refractivity contribution in [3.63, 3.8) is 0 Å². The van der Waals surface area contributed by atoms with Crippen molar-refractivity contribution in [3.05, 3.63) is 93.2 Å². The number of para-hydroxylation sites is 1. The average molecular weight is 570 g/mol. The van der Waals surface area contributed by atoms with E-state index in [-0.39, 0.29) is 17.6 Å². The minimum absolute atomic E-state index is 0.154. The summed E-state index contributed by atoms with van der Waals surface area (Å²) in [6.45, 7) is 4.72. The maximum Gasteiger partial charge on any atom is 0.256 e. The lowest BCUT2D eigenvalue weighted by atomic mass is 9.88. The zero-order chi connectivity index (χ0) is 28.6. The van der Waals surface area contributed by atoms with E-state index >= 15 is 0 Å². The number of thiophene rings is 1. The zero-order valence-corrected chi connectivity index (χ0v) is 24.6. The third kappa shape index (κ3) is 7.53. The highest BCUT2D eigenvalue weighted by Crippen LogP contribution is 2.30. The van der Waals surface area contributed by atoms with Crippen LogP contribution in [0.15, 0.2) is 70.9 Å². The molecule has 0 atom stereocenters. The highest BCUT2D eigenvalue weighted by Gasteiger charge is 2.23. The average Bonchev–Trinajstić information content (AvgIpc) is 3.67. The van der Waals surface area contributed by atoms with Crippen LogP contribution >= 0.6 is 11.3 Å². The largest absolute Gasteiger partial charge is 0.371 e. The Bertz CT molecular complexity index is 1400. The fourth-order valence-corrected chi connectivity index (χ4v) is 6.48. The second kappa shape index (κ2) is 13.8. The Morgan fingerprint density at radius 1 is 1.02 bits per heavy atom. The van der Waals surface area contributed by atoms with Crippen molar-refractivity contribution in [2.75, 3.05) is 29.9 Å². The van der Waals surface area contributed by atoms with Crippen LogP contribution < -0.4 is 15.5 Å². The van der Waals surface area contributed by atoms with Crippen molar-refractivity contribution in [1.82, 2.24) is 5.32 Å². The number of hydrogen-bond acceptors (Lipinski definition) is 5. The van der Waals surface area contributed by atoms with E-state index in [1.165, 1.54) is 22.6 Å². The number of carbonyl (C=O) groups is 3. The molecule has 1 aliphatic heterocycles. The number of allylic oxidation sites excluding steroid dienone is 2. The van der Waals surface area contributed by atoms with E-state index in [9.17, 15) is 14.4 Å². The third-order valence-electron chi connectivity index (χ3n) is 8.25. The normalized spacial score (nSPS) is 16.8. The SMILES string of the molecule is Cc1ccccc1N1CCC(Cc2ccc(C(=O)NCCC/C=C3\CCCC3=O)cc2NC(=O)c2ccsc2)CC1. The van der Waals surface area contributed by atoms with Crippen LogP contribution in [-0.2, 0) is 11.2 Å². The number of piperidine rings is 1. The maximum absolute atomic E-state index is 13.0. The van der Waals surface area contributed by atoms with Crippen LogP contribution in [0.5, 0.6) is 0 Å². The van der Waals surface area contributed by atoms with Gasteiger partial charge in [-0.15, -0.1) is 0 Å². The molecule has 2 amide bonds. The Morgan fingerprint density at radius 2 is 1.85 bits per heavy atom. The number of amides is 2. The minimum Gasteiger partial charge on any atom is -0.371 e. The van der Waals surface area contributed by atoms with Gasteiger partial charge in [0.25, 0.3) is 11.8 Å². The van der Waals surface area contributed by atoms with E-state index < -0.39 is 0 Å². The Morgan fingerprint density at radius 3 is 2.59 bits per heavy atom.